The average molecular weight is 516 g/mol. The number of benzene rings is 4. The summed E-state index contributed by atoms with van der Waals surface area (Å²) in [5, 5.41) is 17.8. The van der Waals surface area contributed by atoms with E-state index in [0.717, 1.165) is 50.7 Å². The number of para-hydroxylation sites is 1. The van der Waals surface area contributed by atoms with E-state index in [9.17, 15) is 9.90 Å². The number of carboxylic acid groups (broad SMARTS) is 1. The van der Waals surface area contributed by atoms with Crippen LogP contribution < -0.4 is 10.2 Å². The summed E-state index contributed by atoms with van der Waals surface area (Å²) in [4.78, 5) is 14.3. The van der Waals surface area contributed by atoms with Crippen LogP contribution in [0.5, 0.6) is 0 Å². The van der Waals surface area contributed by atoms with Gasteiger partial charge in [0, 0.05) is 29.7 Å². The lowest BCUT2D eigenvalue weighted by atomic mass is 9.89. The van der Waals surface area contributed by atoms with E-state index in [1.54, 1.807) is 0 Å². The molecular formula is C33H29N3O3. The molecule has 0 radical (unpaired) electrons. The van der Waals surface area contributed by atoms with Crippen molar-refractivity contribution in [1.82, 2.24) is 5.16 Å². The molecule has 1 aliphatic carbocycles. The smallest absolute Gasteiger partial charge is 0.314 e. The molecule has 39 heavy (non-hydrogen) atoms. The molecular weight excluding hydrogens is 486 g/mol. The summed E-state index contributed by atoms with van der Waals surface area (Å²) in [7, 11) is 2.04. The van der Waals surface area contributed by atoms with Crippen molar-refractivity contribution in [3.05, 3.63) is 114 Å². The number of hydrogen-bond donors (Lipinski definition) is 2. The number of nitrogens with one attached hydrogen (secondary N) is 1. The SMILES string of the molecule is Cc1noc(-c2cc(C3(C(=O)O)CC3)ccc2-c2ccccc2)c1Nc1cccc(N(C)c2ccccc2)c1. The van der Waals surface area contributed by atoms with E-state index in [0.29, 0.717) is 18.6 Å². The number of anilines is 4. The first-order valence-corrected chi connectivity index (χ1v) is 13.0. The second-order valence-electron chi connectivity index (χ2n) is 10.1. The van der Waals surface area contributed by atoms with E-state index in [4.69, 9.17) is 4.52 Å². The highest BCUT2D eigenvalue weighted by Gasteiger charge is 2.52. The second-order valence-corrected chi connectivity index (χ2v) is 10.1. The Kier molecular flexibility index (Phi) is 6.15. The van der Waals surface area contributed by atoms with Crippen LogP contribution in [0.15, 0.2) is 108 Å². The maximum Gasteiger partial charge on any atom is 0.314 e. The third-order valence-electron chi connectivity index (χ3n) is 7.57. The summed E-state index contributed by atoms with van der Waals surface area (Å²) >= 11 is 0. The minimum atomic E-state index is -0.830. The summed E-state index contributed by atoms with van der Waals surface area (Å²) in [6.45, 7) is 1.90. The van der Waals surface area contributed by atoms with Gasteiger partial charge < -0.3 is 19.8 Å². The number of aromatic nitrogens is 1. The number of nitrogens with zero attached hydrogens (tertiary/aromatic N) is 2. The Hall–Kier alpha value is -4.84. The maximum atomic E-state index is 12.1. The van der Waals surface area contributed by atoms with Crippen molar-refractivity contribution in [3.63, 3.8) is 0 Å². The molecule has 0 aliphatic heterocycles. The van der Waals surface area contributed by atoms with E-state index in [-0.39, 0.29) is 0 Å². The van der Waals surface area contributed by atoms with Crippen LogP contribution >= 0.6 is 0 Å². The quantitative estimate of drug-likeness (QED) is 0.218. The van der Waals surface area contributed by atoms with Gasteiger partial charge in [0.1, 0.15) is 11.4 Å². The molecule has 0 amide bonds. The van der Waals surface area contributed by atoms with Crippen LogP contribution in [-0.4, -0.2) is 23.3 Å². The second kappa shape index (κ2) is 9.80. The molecule has 1 aliphatic rings. The van der Waals surface area contributed by atoms with E-state index in [1.807, 2.05) is 92.8 Å². The molecule has 6 nitrogen and oxygen atoms in total. The minimum absolute atomic E-state index is 0.580. The maximum absolute atomic E-state index is 12.1. The summed E-state index contributed by atoms with van der Waals surface area (Å²) in [6.07, 6.45) is 1.27. The van der Waals surface area contributed by atoms with Crippen LogP contribution in [0.2, 0.25) is 0 Å². The monoisotopic (exact) mass is 515 g/mol. The molecule has 194 valence electrons. The Labute approximate surface area is 227 Å². The van der Waals surface area contributed by atoms with Gasteiger partial charge in [-0.3, -0.25) is 4.79 Å². The van der Waals surface area contributed by atoms with Gasteiger partial charge in [-0.2, -0.15) is 0 Å². The molecule has 1 fully saturated rings. The first-order valence-electron chi connectivity index (χ1n) is 13.0. The molecule has 1 heterocycles. The number of hydrogen-bond acceptors (Lipinski definition) is 5. The van der Waals surface area contributed by atoms with E-state index < -0.39 is 11.4 Å². The average Bonchev–Trinajstić information content (AvgIpc) is 3.72. The fraction of sp³-hybridized carbons (Fsp3) is 0.152. The van der Waals surface area contributed by atoms with Gasteiger partial charge in [0.15, 0.2) is 5.76 Å². The van der Waals surface area contributed by atoms with Gasteiger partial charge in [-0.15, -0.1) is 0 Å². The number of aliphatic carboxylic acids is 1. The zero-order valence-electron chi connectivity index (χ0n) is 21.9. The Balaban J connectivity index is 1.42. The molecule has 2 N–H and O–H groups in total. The Morgan fingerprint density at radius 1 is 0.872 bits per heavy atom. The fourth-order valence-corrected chi connectivity index (χ4v) is 5.09. The predicted molar refractivity (Wildman–Crippen MR) is 155 cm³/mol. The van der Waals surface area contributed by atoms with Crippen LogP contribution in [0.4, 0.5) is 22.7 Å². The normalized spacial score (nSPS) is 13.6. The molecule has 0 unspecified atom stereocenters. The lowest BCUT2D eigenvalue weighted by molar-refractivity contribution is -0.140. The van der Waals surface area contributed by atoms with Gasteiger partial charge in [0.05, 0.1) is 5.41 Å². The first-order chi connectivity index (χ1) is 19.0. The van der Waals surface area contributed by atoms with Crippen molar-refractivity contribution in [2.24, 2.45) is 0 Å². The molecule has 5 aromatic rings. The largest absolute Gasteiger partial charge is 0.481 e. The van der Waals surface area contributed by atoms with Gasteiger partial charge in [-0.25, -0.2) is 0 Å². The van der Waals surface area contributed by atoms with Crippen molar-refractivity contribution in [3.8, 4) is 22.5 Å². The highest BCUT2D eigenvalue weighted by molar-refractivity contribution is 5.91. The van der Waals surface area contributed by atoms with E-state index in [1.165, 1.54) is 0 Å². The van der Waals surface area contributed by atoms with Crippen LogP contribution in [0.25, 0.3) is 22.5 Å². The molecule has 1 saturated carbocycles. The van der Waals surface area contributed by atoms with Crippen LogP contribution in [0.3, 0.4) is 0 Å². The molecule has 0 atom stereocenters. The topological polar surface area (TPSA) is 78.6 Å². The molecule has 6 heteroatoms. The van der Waals surface area contributed by atoms with Crippen LogP contribution in [-0.2, 0) is 10.2 Å². The predicted octanol–water partition coefficient (Wildman–Crippen LogP) is 7.94. The van der Waals surface area contributed by atoms with Crippen molar-refractivity contribution in [1.29, 1.82) is 0 Å². The minimum Gasteiger partial charge on any atom is -0.481 e. The van der Waals surface area contributed by atoms with Crippen molar-refractivity contribution >= 4 is 28.7 Å². The van der Waals surface area contributed by atoms with Gasteiger partial charge in [0.25, 0.3) is 0 Å². The van der Waals surface area contributed by atoms with Gasteiger partial charge in [-0.05, 0) is 72.9 Å². The molecule has 6 rings (SSSR count). The standard InChI is InChI=1S/C33H29N3O3/c1-22-30(34-25-12-9-15-27(21-25)36(2)26-13-7-4-8-14-26)31(39-35-22)29-20-24(33(18-19-33)32(37)38)16-17-28(29)23-10-5-3-6-11-23/h3-17,20-21,34H,18-19H2,1-2H3,(H,37,38). The number of carbonyl (C=O) groups is 1. The highest BCUT2D eigenvalue weighted by atomic mass is 16.5. The fourth-order valence-electron chi connectivity index (χ4n) is 5.09. The summed E-state index contributed by atoms with van der Waals surface area (Å²) in [5.41, 5.74) is 7.23. The number of rotatable bonds is 8. The third-order valence-corrected chi connectivity index (χ3v) is 7.57. The van der Waals surface area contributed by atoms with E-state index in [2.05, 4.69) is 39.6 Å². The van der Waals surface area contributed by atoms with Gasteiger partial charge in [0.2, 0.25) is 0 Å². The van der Waals surface area contributed by atoms with Crippen molar-refractivity contribution in [2.75, 3.05) is 17.3 Å². The summed E-state index contributed by atoms with van der Waals surface area (Å²) in [6, 6.07) is 34.3. The lowest BCUT2D eigenvalue weighted by Gasteiger charge is -2.20. The Morgan fingerprint density at radius 3 is 2.26 bits per heavy atom. The molecule has 0 bridgehead atoms. The van der Waals surface area contributed by atoms with Gasteiger partial charge >= 0.3 is 5.97 Å². The highest BCUT2D eigenvalue weighted by Crippen LogP contribution is 2.50. The summed E-state index contributed by atoms with van der Waals surface area (Å²) < 4.78 is 5.94. The number of aryl methyl sites for hydroxylation is 1. The zero-order valence-corrected chi connectivity index (χ0v) is 21.9. The van der Waals surface area contributed by atoms with Crippen molar-refractivity contribution < 1.29 is 14.4 Å². The Morgan fingerprint density at radius 2 is 1.56 bits per heavy atom. The van der Waals surface area contributed by atoms with Crippen molar-refractivity contribution in [2.45, 2.75) is 25.2 Å². The molecule has 0 saturated heterocycles. The van der Waals surface area contributed by atoms with Gasteiger partial charge in [-0.1, -0.05) is 71.9 Å². The Bertz CT molecular complexity index is 1640. The third kappa shape index (κ3) is 4.55. The molecule has 1 aromatic heterocycles. The molecule has 4 aromatic carbocycles. The van der Waals surface area contributed by atoms with E-state index >= 15 is 0 Å². The van der Waals surface area contributed by atoms with Crippen LogP contribution in [0.1, 0.15) is 24.1 Å². The molecule has 0 spiro atoms. The summed E-state index contributed by atoms with van der Waals surface area (Å²) in [5.74, 6) is -0.205. The lowest BCUT2D eigenvalue weighted by Crippen LogP contribution is -2.19. The van der Waals surface area contributed by atoms with Crippen LogP contribution in [0, 0.1) is 6.92 Å². The first kappa shape index (κ1) is 24.5. The zero-order chi connectivity index (χ0) is 27.0. The number of carboxylic acids is 1.